The molecule has 3 nitrogen and oxygen atoms in total. The van der Waals surface area contributed by atoms with E-state index in [1.807, 2.05) is 13.0 Å². The number of carboxylic acids is 1. The molecule has 110 valence electrons. The molecule has 0 spiro atoms. The van der Waals surface area contributed by atoms with Crippen LogP contribution < -0.4 is 0 Å². The Labute approximate surface area is 120 Å². The van der Waals surface area contributed by atoms with Crippen LogP contribution in [0, 0.1) is 22.7 Å². The molecule has 2 saturated carbocycles. The SMILES string of the molecule is CC1(C(=O)O)CCCC2(C)C3CCC(=O)C=C3CCC12. The summed E-state index contributed by atoms with van der Waals surface area (Å²) in [5.74, 6) is 0.303. The van der Waals surface area contributed by atoms with Gasteiger partial charge in [0.05, 0.1) is 5.41 Å². The van der Waals surface area contributed by atoms with E-state index in [2.05, 4.69) is 6.92 Å². The second-order valence-corrected chi connectivity index (χ2v) is 7.45. The van der Waals surface area contributed by atoms with Crippen molar-refractivity contribution in [3.05, 3.63) is 11.6 Å². The highest BCUT2D eigenvalue weighted by Crippen LogP contribution is 2.62. The van der Waals surface area contributed by atoms with Crippen molar-refractivity contribution in [1.82, 2.24) is 0 Å². The van der Waals surface area contributed by atoms with Gasteiger partial charge in [-0.25, -0.2) is 0 Å². The van der Waals surface area contributed by atoms with Gasteiger partial charge in [0.1, 0.15) is 0 Å². The first kappa shape index (κ1) is 13.8. The van der Waals surface area contributed by atoms with Crippen LogP contribution in [0.15, 0.2) is 11.6 Å². The van der Waals surface area contributed by atoms with Crippen molar-refractivity contribution in [3.8, 4) is 0 Å². The average Bonchev–Trinajstić information content (AvgIpc) is 2.37. The van der Waals surface area contributed by atoms with Crippen molar-refractivity contribution in [2.45, 2.75) is 58.8 Å². The van der Waals surface area contributed by atoms with E-state index in [1.54, 1.807) is 0 Å². The molecular weight excluding hydrogens is 252 g/mol. The number of aliphatic carboxylic acids is 1. The lowest BCUT2D eigenvalue weighted by atomic mass is 9.46. The van der Waals surface area contributed by atoms with Crippen LogP contribution >= 0.6 is 0 Å². The first-order chi connectivity index (χ1) is 9.38. The van der Waals surface area contributed by atoms with Crippen molar-refractivity contribution in [3.63, 3.8) is 0 Å². The van der Waals surface area contributed by atoms with Crippen LogP contribution in [0.4, 0.5) is 0 Å². The summed E-state index contributed by atoms with van der Waals surface area (Å²) in [6, 6.07) is 0. The molecular formula is C17H24O3. The zero-order valence-electron chi connectivity index (χ0n) is 12.4. The third-order valence-corrected chi connectivity index (χ3v) is 6.46. The van der Waals surface area contributed by atoms with Crippen molar-refractivity contribution in [2.75, 3.05) is 0 Å². The number of ketones is 1. The lowest BCUT2D eigenvalue weighted by Crippen LogP contribution is -2.53. The standard InChI is InChI=1S/C17H24O3/c1-16-8-3-9-17(2,15(19)20)14(16)7-4-11-10-12(18)5-6-13(11)16/h10,13-14H,3-9H2,1-2H3,(H,19,20). The van der Waals surface area contributed by atoms with E-state index >= 15 is 0 Å². The molecule has 3 heteroatoms. The van der Waals surface area contributed by atoms with Gasteiger partial charge in [-0.3, -0.25) is 9.59 Å². The lowest BCUT2D eigenvalue weighted by Gasteiger charge is -2.58. The van der Waals surface area contributed by atoms with Gasteiger partial charge in [0, 0.05) is 6.42 Å². The fraction of sp³-hybridized carbons (Fsp3) is 0.765. The molecule has 3 rings (SSSR count). The van der Waals surface area contributed by atoms with Crippen LogP contribution in [0.5, 0.6) is 0 Å². The first-order valence-corrected chi connectivity index (χ1v) is 7.84. The summed E-state index contributed by atoms with van der Waals surface area (Å²) in [7, 11) is 0. The number of carbonyl (C=O) groups excluding carboxylic acids is 1. The van der Waals surface area contributed by atoms with Gasteiger partial charge in [0.2, 0.25) is 0 Å². The van der Waals surface area contributed by atoms with Gasteiger partial charge >= 0.3 is 5.97 Å². The molecule has 20 heavy (non-hydrogen) atoms. The number of carboxylic acid groups (broad SMARTS) is 1. The van der Waals surface area contributed by atoms with E-state index in [-0.39, 0.29) is 17.1 Å². The number of allylic oxidation sites excluding steroid dienone is 2. The Balaban J connectivity index is 2.01. The molecule has 4 unspecified atom stereocenters. The van der Waals surface area contributed by atoms with E-state index < -0.39 is 11.4 Å². The molecule has 0 heterocycles. The van der Waals surface area contributed by atoms with E-state index in [0.717, 1.165) is 38.5 Å². The number of hydrogen-bond donors (Lipinski definition) is 1. The fourth-order valence-electron chi connectivity index (χ4n) is 5.40. The highest BCUT2D eigenvalue weighted by molar-refractivity contribution is 5.91. The molecule has 3 aliphatic carbocycles. The Morgan fingerprint density at radius 2 is 2.00 bits per heavy atom. The van der Waals surface area contributed by atoms with Gasteiger partial charge in [-0.05, 0) is 62.4 Å². The maximum Gasteiger partial charge on any atom is 0.309 e. The minimum atomic E-state index is -0.632. The summed E-state index contributed by atoms with van der Waals surface area (Å²) in [5.41, 5.74) is 0.783. The number of hydrogen-bond acceptors (Lipinski definition) is 2. The minimum Gasteiger partial charge on any atom is -0.481 e. The summed E-state index contributed by atoms with van der Waals surface area (Å²) >= 11 is 0. The number of carbonyl (C=O) groups is 2. The highest BCUT2D eigenvalue weighted by Gasteiger charge is 2.57. The van der Waals surface area contributed by atoms with E-state index in [4.69, 9.17) is 0 Å². The monoisotopic (exact) mass is 276 g/mol. The van der Waals surface area contributed by atoms with Crippen LogP contribution in [-0.2, 0) is 9.59 Å². The summed E-state index contributed by atoms with van der Waals surface area (Å²) in [5, 5.41) is 9.72. The Bertz CT molecular complexity index is 492. The van der Waals surface area contributed by atoms with Gasteiger partial charge < -0.3 is 5.11 Å². The normalized spacial score (nSPS) is 44.3. The van der Waals surface area contributed by atoms with Crippen molar-refractivity contribution in [1.29, 1.82) is 0 Å². The van der Waals surface area contributed by atoms with E-state index in [0.29, 0.717) is 12.3 Å². The molecule has 0 aromatic carbocycles. The Kier molecular flexibility index (Phi) is 3.07. The maximum absolute atomic E-state index is 11.8. The largest absolute Gasteiger partial charge is 0.481 e. The van der Waals surface area contributed by atoms with Crippen LogP contribution in [0.1, 0.15) is 58.8 Å². The van der Waals surface area contributed by atoms with Crippen LogP contribution in [-0.4, -0.2) is 16.9 Å². The van der Waals surface area contributed by atoms with Gasteiger partial charge in [-0.1, -0.05) is 18.9 Å². The van der Waals surface area contributed by atoms with Crippen molar-refractivity contribution < 1.29 is 14.7 Å². The Morgan fingerprint density at radius 1 is 1.25 bits per heavy atom. The van der Waals surface area contributed by atoms with Gasteiger partial charge in [0.15, 0.2) is 5.78 Å². The Hall–Kier alpha value is -1.12. The molecule has 2 fully saturated rings. The Morgan fingerprint density at radius 3 is 2.70 bits per heavy atom. The quantitative estimate of drug-likeness (QED) is 0.796. The van der Waals surface area contributed by atoms with Crippen molar-refractivity contribution in [2.24, 2.45) is 22.7 Å². The average molecular weight is 276 g/mol. The summed E-state index contributed by atoms with van der Waals surface area (Å²) in [6.45, 7) is 4.23. The highest BCUT2D eigenvalue weighted by atomic mass is 16.4. The zero-order chi connectivity index (χ0) is 14.5. The van der Waals surface area contributed by atoms with Gasteiger partial charge in [-0.15, -0.1) is 0 Å². The van der Waals surface area contributed by atoms with Crippen LogP contribution in [0.2, 0.25) is 0 Å². The fourth-order valence-corrected chi connectivity index (χ4v) is 5.40. The molecule has 0 aromatic heterocycles. The number of fused-ring (bicyclic) bond motifs is 3. The minimum absolute atomic E-state index is 0.0656. The topological polar surface area (TPSA) is 54.4 Å². The van der Waals surface area contributed by atoms with Crippen molar-refractivity contribution >= 4 is 11.8 Å². The maximum atomic E-state index is 11.8. The number of rotatable bonds is 1. The summed E-state index contributed by atoms with van der Waals surface area (Å²) in [6.07, 6.45) is 8.17. The molecule has 0 aromatic rings. The van der Waals surface area contributed by atoms with E-state index in [1.165, 1.54) is 5.57 Å². The molecule has 3 aliphatic rings. The summed E-state index contributed by atoms with van der Waals surface area (Å²) in [4.78, 5) is 23.5. The predicted molar refractivity (Wildman–Crippen MR) is 76.2 cm³/mol. The smallest absolute Gasteiger partial charge is 0.309 e. The molecule has 0 radical (unpaired) electrons. The first-order valence-electron chi connectivity index (χ1n) is 7.84. The van der Waals surface area contributed by atoms with E-state index in [9.17, 15) is 14.7 Å². The molecule has 0 amide bonds. The zero-order valence-corrected chi connectivity index (χ0v) is 12.4. The lowest BCUT2D eigenvalue weighted by molar-refractivity contribution is -0.164. The van der Waals surface area contributed by atoms with Gasteiger partial charge in [0.25, 0.3) is 0 Å². The molecule has 0 saturated heterocycles. The summed E-state index contributed by atoms with van der Waals surface area (Å²) < 4.78 is 0. The molecule has 1 N–H and O–H groups in total. The second kappa shape index (κ2) is 4.44. The molecule has 4 atom stereocenters. The van der Waals surface area contributed by atoms with Gasteiger partial charge in [-0.2, -0.15) is 0 Å². The molecule has 0 bridgehead atoms. The third kappa shape index (κ3) is 1.78. The third-order valence-electron chi connectivity index (χ3n) is 6.46. The van der Waals surface area contributed by atoms with Crippen LogP contribution in [0.25, 0.3) is 0 Å². The second-order valence-electron chi connectivity index (χ2n) is 7.45. The predicted octanol–water partition coefficient (Wildman–Crippen LogP) is 3.58. The molecule has 0 aliphatic heterocycles. The van der Waals surface area contributed by atoms with Crippen LogP contribution in [0.3, 0.4) is 0 Å².